The minimum atomic E-state index is -0.473. The number of alkyl carbamates (subject to hydrolysis) is 1. The molecule has 2 aliphatic heterocycles. The van der Waals surface area contributed by atoms with E-state index in [0.717, 1.165) is 29.4 Å². The second-order valence-electron chi connectivity index (χ2n) is 7.75. The van der Waals surface area contributed by atoms with Crippen LogP contribution in [0.3, 0.4) is 0 Å². The van der Waals surface area contributed by atoms with Gasteiger partial charge in [-0.15, -0.1) is 0 Å². The van der Waals surface area contributed by atoms with E-state index in [4.69, 9.17) is 4.74 Å². The average molecular weight is 397 g/mol. The summed E-state index contributed by atoms with van der Waals surface area (Å²) < 4.78 is 6.10. The highest BCUT2D eigenvalue weighted by molar-refractivity contribution is 9.10. The minimum Gasteiger partial charge on any atom is -0.507 e. The number of benzene rings is 1. The number of aromatic hydroxyl groups is 1. The molecule has 132 valence electrons. The number of nitrogens with zero attached hydrogens (tertiary/aromatic N) is 1. The van der Waals surface area contributed by atoms with E-state index in [1.165, 1.54) is 6.42 Å². The van der Waals surface area contributed by atoms with Crippen molar-refractivity contribution in [1.29, 1.82) is 0 Å². The fourth-order valence-electron chi connectivity index (χ4n) is 3.82. The highest BCUT2D eigenvalue weighted by Gasteiger charge is 2.46. The van der Waals surface area contributed by atoms with Gasteiger partial charge in [0.2, 0.25) is 0 Å². The lowest BCUT2D eigenvalue weighted by Crippen LogP contribution is -2.45. The highest BCUT2D eigenvalue weighted by atomic mass is 79.9. The van der Waals surface area contributed by atoms with Crippen LogP contribution in [0.4, 0.5) is 4.79 Å². The Morgan fingerprint density at radius 2 is 2.17 bits per heavy atom. The molecule has 0 spiro atoms. The van der Waals surface area contributed by atoms with E-state index in [2.05, 4.69) is 26.1 Å². The molecule has 0 aliphatic carbocycles. The molecule has 2 heterocycles. The van der Waals surface area contributed by atoms with Crippen molar-refractivity contribution < 1.29 is 14.6 Å². The van der Waals surface area contributed by atoms with Crippen molar-refractivity contribution >= 4 is 22.0 Å². The lowest BCUT2D eigenvalue weighted by molar-refractivity contribution is 0.0491. The number of phenols is 1. The van der Waals surface area contributed by atoms with E-state index in [9.17, 15) is 9.90 Å². The van der Waals surface area contributed by atoms with Gasteiger partial charge in [0.05, 0.1) is 4.47 Å². The molecule has 0 aromatic heterocycles. The zero-order valence-electron chi connectivity index (χ0n) is 14.4. The number of carbonyl (C=O) groups excluding carboxylic acids is 1. The number of ether oxygens (including phenoxy) is 1. The first kappa shape index (κ1) is 17.5. The fourth-order valence-corrected chi connectivity index (χ4v) is 4.25. The van der Waals surface area contributed by atoms with Crippen molar-refractivity contribution in [2.45, 2.75) is 70.3 Å². The van der Waals surface area contributed by atoms with Gasteiger partial charge in [-0.1, -0.05) is 6.07 Å². The van der Waals surface area contributed by atoms with E-state index in [-0.39, 0.29) is 17.9 Å². The molecule has 1 aromatic carbocycles. The lowest BCUT2D eigenvalue weighted by atomic mass is 9.96. The Balaban J connectivity index is 1.63. The number of fused-ring (bicyclic) bond motifs is 2. The maximum Gasteiger partial charge on any atom is 0.407 e. The SMILES string of the molecule is CC(C)(C)OC(=O)N[C@H]1C[C@H]2CC[C@@H]1N2Cc1ccc(O)c(Br)c1. The molecule has 3 atom stereocenters. The van der Waals surface area contributed by atoms with Crippen molar-refractivity contribution in [3.8, 4) is 5.75 Å². The van der Waals surface area contributed by atoms with Gasteiger partial charge in [0, 0.05) is 24.7 Å². The van der Waals surface area contributed by atoms with Crippen molar-refractivity contribution in [3.05, 3.63) is 28.2 Å². The predicted molar refractivity (Wildman–Crippen MR) is 95.9 cm³/mol. The Kier molecular flexibility index (Phi) is 4.80. The van der Waals surface area contributed by atoms with Gasteiger partial charge in [0.15, 0.2) is 0 Å². The summed E-state index contributed by atoms with van der Waals surface area (Å²) in [7, 11) is 0. The number of hydrogen-bond acceptors (Lipinski definition) is 4. The molecular formula is C18H25BrN2O3. The van der Waals surface area contributed by atoms with Crippen molar-refractivity contribution in [1.82, 2.24) is 10.2 Å². The van der Waals surface area contributed by atoms with Crippen LogP contribution in [0.5, 0.6) is 5.75 Å². The average Bonchev–Trinajstić information content (AvgIpc) is 2.97. The molecule has 0 radical (unpaired) electrons. The molecule has 3 rings (SSSR count). The van der Waals surface area contributed by atoms with Gasteiger partial charge < -0.3 is 15.2 Å². The van der Waals surface area contributed by atoms with Crippen LogP contribution >= 0.6 is 15.9 Å². The van der Waals surface area contributed by atoms with E-state index in [0.29, 0.717) is 12.1 Å². The molecule has 2 N–H and O–H groups in total. The van der Waals surface area contributed by atoms with Crippen LogP contribution in [0.1, 0.15) is 45.6 Å². The molecule has 24 heavy (non-hydrogen) atoms. The molecular weight excluding hydrogens is 372 g/mol. The first-order chi connectivity index (χ1) is 11.2. The minimum absolute atomic E-state index is 0.152. The summed E-state index contributed by atoms with van der Waals surface area (Å²) >= 11 is 3.37. The third-order valence-corrected chi connectivity index (χ3v) is 5.40. The monoisotopic (exact) mass is 396 g/mol. The molecule has 0 unspecified atom stereocenters. The number of nitrogens with one attached hydrogen (secondary N) is 1. The van der Waals surface area contributed by atoms with E-state index in [1.807, 2.05) is 32.9 Å². The molecule has 1 aromatic rings. The van der Waals surface area contributed by atoms with Crippen LogP contribution in [0, 0.1) is 0 Å². The van der Waals surface area contributed by atoms with Crippen molar-refractivity contribution in [3.63, 3.8) is 0 Å². The third kappa shape index (κ3) is 3.86. The second-order valence-corrected chi connectivity index (χ2v) is 8.60. The van der Waals surface area contributed by atoms with Gasteiger partial charge in [-0.05, 0) is 73.7 Å². The molecule has 2 bridgehead atoms. The zero-order valence-corrected chi connectivity index (χ0v) is 16.0. The molecule has 1 amide bonds. The second kappa shape index (κ2) is 6.56. The number of phenolic OH excluding ortho intramolecular Hbond substituents is 1. The van der Waals surface area contributed by atoms with Gasteiger partial charge in [-0.2, -0.15) is 0 Å². The van der Waals surface area contributed by atoms with Crippen LogP contribution in [-0.2, 0) is 11.3 Å². The molecule has 6 heteroatoms. The summed E-state index contributed by atoms with van der Waals surface area (Å²) in [6.45, 7) is 6.47. The Bertz CT molecular complexity index is 629. The van der Waals surface area contributed by atoms with Gasteiger partial charge in [0.25, 0.3) is 0 Å². The first-order valence-electron chi connectivity index (χ1n) is 8.45. The fraction of sp³-hybridized carbons (Fsp3) is 0.611. The Hall–Kier alpha value is -1.27. The number of hydrogen-bond donors (Lipinski definition) is 2. The van der Waals surface area contributed by atoms with Crippen molar-refractivity contribution in [2.24, 2.45) is 0 Å². The third-order valence-electron chi connectivity index (χ3n) is 4.76. The van der Waals surface area contributed by atoms with Crippen LogP contribution in [0.15, 0.2) is 22.7 Å². The summed E-state index contributed by atoms with van der Waals surface area (Å²) in [5, 5.41) is 12.7. The van der Waals surface area contributed by atoms with Crippen molar-refractivity contribution in [2.75, 3.05) is 0 Å². The van der Waals surface area contributed by atoms with Gasteiger partial charge in [-0.3, -0.25) is 4.90 Å². The zero-order chi connectivity index (χ0) is 17.5. The quantitative estimate of drug-likeness (QED) is 0.815. The predicted octanol–water partition coefficient (Wildman–Crippen LogP) is 3.78. The van der Waals surface area contributed by atoms with Crippen LogP contribution < -0.4 is 5.32 Å². The number of halogens is 1. The highest BCUT2D eigenvalue weighted by Crippen LogP contribution is 2.39. The van der Waals surface area contributed by atoms with Crippen LogP contribution in [0.2, 0.25) is 0 Å². The van der Waals surface area contributed by atoms with Crippen LogP contribution in [0.25, 0.3) is 0 Å². The van der Waals surface area contributed by atoms with E-state index in [1.54, 1.807) is 6.07 Å². The largest absolute Gasteiger partial charge is 0.507 e. The topological polar surface area (TPSA) is 61.8 Å². The maximum absolute atomic E-state index is 12.1. The summed E-state index contributed by atoms with van der Waals surface area (Å²) in [5.74, 6) is 0.257. The van der Waals surface area contributed by atoms with E-state index < -0.39 is 5.60 Å². The number of rotatable bonds is 3. The molecule has 2 fully saturated rings. The van der Waals surface area contributed by atoms with E-state index >= 15 is 0 Å². The van der Waals surface area contributed by atoms with Crippen LogP contribution in [-0.4, -0.2) is 39.8 Å². The summed E-state index contributed by atoms with van der Waals surface area (Å²) in [5.41, 5.74) is 0.689. The molecule has 2 aliphatic rings. The van der Waals surface area contributed by atoms with Gasteiger partial charge in [-0.25, -0.2) is 4.79 Å². The summed E-state index contributed by atoms with van der Waals surface area (Å²) in [6, 6.07) is 6.64. The molecule has 0 saturated carbocycles. The van der Waals surface area contributed by atoms with Gasteiger partial charge >= 0.3 is 6.09 Å². The molecule has 5 nitrogen and oxygen atoms in total. The number of carbonyl (C=O) groups is 1. The smallest absolute Gasteiger partial charge is 0.407 e. The Morgan fingerprint density at radius 1 is 1.42 bits per heavy atom. The Labute approximate surface area is 151 Å². The normalized spacial score (nSPS) is 26.6. The number of amides is 1. The Morgan fingerprint density at radius 3 is 2.83 bits per heavy atom. The maximum atomic E-state index is 12.1. The standard InChI is InChI=1S/C18H25BrN2O3/c1-18(2,3)24-17(23)20-14-9-12-5-6-15(14)21(12)10-11-4-7-16(22)13(19)8-11/h4,7-8,12,14-15,22H,5-6,9-10H2,1-3H3,(H,20,23)/t12-,14+,15+/m1/s1. The summed E-state index contributed by atoms with van der Waals surface area (Å²) in [6.07, 6.45) is 2.93. The van der Waals surface area contributed by atoms with Gasteiger partial charge in [0.1, 0.15) is 11.4 Å². The summed E-state index contributed by atoms with van der Waals surface area (Å²) in [4.78, 5) is 14.5. The molecule has 2 saturated heterocycles. The first-order valence-corrected chi connectivity index (χ1v) is 9.25. The lowest BCUT2D eigenvalue weighted by Gasteiger charge is -2.27.